The zero-order valence-electron chi connectivity index (χ0n) is 26.3. The standard InChI is InChI=1S/C30H39N5O4S.C2H6/c1-8-23-20(4)31-32(5)28(23)40-18-26(36)33-12-10-30(11-13-33)25-14-19(3)27-21(15-22(38-6)16-24(27)39-7)17-34(25)29(37)35(30)9-2;1-2/h8,14-16,19H,1,9-13,17-18H2,2-7H3;1-2H3/t19-;/m0./s1. The minimum atomic E-state index is -0.432. The lowest BCUT2D eigenvalue weighted by atomic mass is 9.82. The first-order valence-electron chi connectivity index (χ1n) is 14.8. The molecule has 228 valence electrons. The Morgan fingerprint density at radius 2 is 1.90 bits per heavy atom. The Morgan fingerprint density at radius 3 is 2.50 bits per heavy atom. The summed E-state index contributed by atoms with van der Waals surface area (Å²) in [5.41, 5.74) is 4.62. The molecule has 2 saturated heterocycles. The molecule has 0 saturated carbocycles. The molecule has 3 amide bonds. The highest BCUT2D eigenvalue weighted by Gasteiger charge is 2.55. The van der Waals surface area contributed by atoms with Crippen LogP contribution in [0.1, 0.15) is 68.8 Å². The van der Waals surface area contributed by atoms with Crippen LogP contribution in [0, 0.1) is 6.92 Å². The van der Waals surface area contributed by atoms with Crippen LogP contribution in [0.25, 0.3) is 6.08 Å². The molecule has 3 aliphatic rings. The van der Waals surface area contributed by atoms with Gasteiger partial charge in [0, 0.05) is 55.5 Å². The number of likely N-dealkylation sites (tertiary alicyclic amines) is 1. The van der Waals surface area contributed by atoms with Crippen LogP contribution in [0.5, 0.6) is 11.5 Å². The number of likely N-dealkylation sites (N-methyl/N-ethyl adjacent to an activating group) is 1. The minimum Gasteiger partial charge on any atom is -0.497 e. The number of urea groups is 1. The van der Waals surface area contributed by atoms with Gasteiger partial charge in [0.1, 0.15) is 16.5 Å². The van der Waals surface area contributed by atoms with E-state index < -0.39 is 5.54 Å². The molecule has 1 spiro atoms. The van der Waals surface area contributed by atoms with Gasteiger partial charge in [0.25, 0.3) is 0 Å². The summed E-state index contributed by atoms with van der Waals surface area (Å²) in [5.74, 6) is 1.98. The molecule has 1 atom stereocenters. The third-order valence-electron chi connectivity index (χ3n) is 8.60. The van der Waals surface area contributed by atoms with Crippen molar-refractivity contribution >= 4 is 29.8 Å². The van der Waals surface area contributed by atoms with Crippen LogP contribution in [0.15, 0.2) is 35.5 Å². The normalized spacial score (nSPS) is 19.0. The second-order valence-electron chi connectivity index (χ2n) is 10.7. The maximum absolute atomic E-state index is 13.8. The van der Waals surface area contributed by atoms with Gasteiger partial charge in [-0.3, -0.25) is 14.4 Å². The van der Waals surface area contributed by atoms with Gasteiger partial charge in [-0.15, -0.1) is 0 Å². The van der Waals surface area contributed by atoms with Gasteiger partial charge in [0.15, 0.2) is 0 Å². The van der Waals surface area contributed by atoms with Gasteiger partial charge in [-0.25, -0.2) is 4.79 Å². The first-order valence-corrected chi connectivity index (χ1v) is 15.8. The molecule has 4 heterocycles. The van der Waals surface area contributed by atoms with Crippen molar-refractivity contribution in [2.75, 3.05) is 39.6 Å². The van der Waals surface area contributed by atoms with Crippen LogP contribution in [0.3, 0.4) is 0 Å². The third-order valence-corrected chi connectivity index (χ3v) is 9.75. The highest BCUT2D eigenvalue weighted by Crippen LogP contribution is 2.49. The first kappa shape index (κ1) is 31.5. The number of rotatable bonds is 7. The van der Waals surface area contributed by atoms with Crippen LogP contribution < -0.4 is 9.47 Å². The summed E-state index contributed by atoms with van der Waals surface area (Å²) in [7, 11) is 5.21. The predicted octanol–water partition coefficient (Wildman–Crippen LogP) is 5.83. The molecule has 0 aliphatic carbocycles. The van der Waals surface area contributed by atoms with Gasteiger partial charge in [-0.2, -0.15) is 5.10 Å². The number of hydrogen-bond acceptors (Lipinski definition) is 6. The zero-order valence-corrected chi connectivity index (χ0v) is 27.1. The second-order valence-corrected chi connectivity index (χ2v) is 11.7. The molecule has 3 aliphatic heterocycles. The van der Waals surface area contributed by atoms with Crippen LogP contribution in [-0.2, 0) is 18.4 Å². The van der Waals surface area contributed by atoms with E-state index in [0.717, 1.165) is 38.9 Å². The lowest BCUT2D eigenvalue weighted by Crippen LogP contribution is -2.55. The molecule has 0 N–H and O–H groups in total. The minimum absolute atomic E-state index is 0.0226. The number of carbonyl (C=O) groups is 2. The van der Waals surface area contributed by atoms with Gasteiger partial charge in [-0.05, 0) is 38.3 Å². The quantitative estimate of drug-likeness (QED) is 0.375. The molecule has 10 heteroatoms. The number of aryl methyl sites for hydroxylation is 2. The number of hydrogen-bond donors (Lipinski definition) is 0. The van der Waals surface area contributed by atoms with Gasteiger partial charge in [-0.1, -0.05) is 51.3 Å². The van der Waals surface area contributed by atoms with Gasteiger partial charge < -0.3 is 19.3 Å². The Kier molecular flexibility index (Phi) is 9.65. The van der Waals surface area contributed by atoms with Gasteiger partial charge in [0.2, 0.25) is 5.91 Å². The van der Waals surface area contributed by atoms with Gasteiger partial charge in [0.05, 0.1) is 37.8 Å². The number of piperidine rings is 1. The molecule has 2 aromatic rings. The van der Waals surface area contributed by atoms with Crippen LogP contribution >= 0.6 is 11.8 Å². The van der Waals surface area contributed by atoms with E-state index in [0.29, 0.717) is 50.5 Å². The number of amides is 3. The fourth-order valence-electron chi connectivity index (χ4n) is 6.67. The Labute approximate surface area is 254 Å². The number of methoxy groups -OCH3 is 2. The maximum atomic E-state index is 13.8. The fraction of sp³-hybridized carbons (Fsp3) is 0.531. The number of allylic oxidation sites excluding steroid dienone is 1. The monoisotopic (exact) mass is 595 g/mol. The molecule has 0 unspecified atom stereocenters. The Morgan fingerprint density at radius 1 is 1.21 bits per heavy atom. The third kappa shape index (κ3) is 5.29. The molecule has 42 heavy (non-hydrogen) atoms. The summed E-state index contributed by atoms with van der Waals surface area (Å²) in [4.78, 5) is 33.0. The van der Waals surface area contributed by atoms with Crippen molar-refractivity contribution in [3.63, 3.8) is 0 Å². The van der Waals surface area contributed by atoms with E-state index in [1.165, 1.54) is 11.8 Å². The number of thioether (sulfide) groups is 1. The average Bonchev–Trinajstić information content (AvgIpc) is 3.31. The second kappa shape index (κ2) is 12.9. The lowest BCUT2D eigenvalue weighted by Gasteiger charge is -2.44. The van der Waals surface area contributed by atoms with E-state index in [1.807, 2.05) is 66.3 Å². The van der Waals surface area contributed by atoms with Gasteiger partial charge >= 0.3 is 6.03 Å². The fourth-order valence-corrected chi connectivity index (χ4v) is 7.73. The molecule has 5 rings (SSSR count). The van der Waals surface area contributed by atoms with Crippen molar-refractivity contribution in [2.45, 2.75) is 70.5 Å². The summed E-state index contributed by atoms with van der Waals surface area (Å²) in [6, 6.07) is 3.95. The number of aromatic nitrogens is 2. The number of nitrogens with zero attached hydrogens (tertiary/aromatic N) is 5. The Hall–Kier alpha value is -3.40. The molecular formula is C32H45N5O4S. The van der Waals surface area contributed by atoms with Crippen molar-refractivity contribution in [1.29, 1.82) is 0 Å². The van der Waals surface area contributed by atoms with Crippen molar-refractivity contribution in [2.24, 2.45) is 7.05 Å². The molecule has 9 nitrogen and oxygen atoms in total. The SMILES string of the molecule is C=Cc1c(C)nn(C)c1SCC(=O)N1CCC2(CC1)C1=C[C@H](C)c3c(cc(OC)cc3OC)CN1C(=O)N2CC.CC. The molecular weight excluding hydrogens is 550 g/mol. The zero-order chi connectivity index (χ0) is 30.8. The van der Waals surface area contributed by atoms with Crippen molar-refractivity contribution in [3.8, 4) is 11.5 Å². The topological polar surface area (TPSA) is 80.1 Å². The summed E-state index contributed by atoms with van der Waals surface area (Å²) < 4.78 is 13.1. The summed E-state index contributed by atoms with van der Waals surface area (Å²) in [6.07, 6.45) is 5.45. The van der Waals surface area contributed by atoms with E-state index in [4.69, 9.17) is 9.47 Å². The lowest BCUT2D eigenvalue weighted by molar-refractivity contribution is -0.130. The number of benzene rings is 1. The summed E-state index contributed by atoms with van der Waals surface area (Å²) in [5, 5.41) is 5.42. The van der Waals surface area contributed by atoms with E-state index in [9.17, 15) is 9.59 Å². The molecule has 2 fully saturated rings. The number of carbonyl (C=O) groups excluding carboxylic acids is 2. The molecule has 1 aromatic carbocycles. The van der Waals surface area contributed by atoms with Crippen molar-refractivity contribution in [1.82, 2.24) is 24.5 Å². The Balaban J connectivity index is 0.00000198. The number of ether oxygens (including phenoxy) is 2. The summed E-state index contributed by atoms with van der Waals surface area (Å²) >= 11 is 1.50. The largest absolute Gasteiger partial charge is 0.497 e. The van der Waals surface area contributed by atoms with E-state index in [1.54, 1.807) is 20.3 Å². The number of fused-ring (bicyclic) bond motifs is 3. The average molecular weight is 596 g/mol. The predicted molar refractivity (Wildman–Crippen MR) is 168 cm³/mol. The Bertz CT molecular complexity index is 1380. The highest BCUT2D eigenvalue weighted by molar-refractivity contribution is 8.00. The molecule has 1 aromatic heterocycles. The van der Waals surface area contributed by atoms with Crippen LogP contribution in [0.2, 0.25) is 0 Å². The van der Waals surface area contributed by atoms with Crippen molar-refractivity contribution < 1.29 is 19.1 Å². The summed E-state index contributed by atoms with van der Waals surface area (Å²) in [6.45, 7) is 16.3. The highest BCUT2D eigenvalue weighted by atomic mass is 32.2. The van der Waals surface area contributed by atoms with E-state index in [-0.39, 0.29) is 17.9 Å². The molecule has 0 bridgehead atoms. The van der Waals surface area contributed by atoms with Crippen molar-refractivity contribution in [3.05, 3.63) is 52.9 Å². The van der Waals surface area contributed by atoms with E-state index >= 15 is 0 Å². The molecule has 0 radical (unpaired) electrons. The first-order chi connectivity index (χ1) is 20.2. The van der Waals surface area contributed by atoms with E-state index in [2.05, 4.69) is 24.7 Å². The smallest absolute Gasteiger partial charge is 0.325 e. The maximum Gasteiger partial charge on any atom is 0.325 e. The van der Waals surface area contributed by atoms with Crippen LogP contribution in [0.4, 0.5) is 4.79 Å². The van der Waals surface area contributed by atoms with Crippen LogP contribution in [-0.4, -0.2) is 81.6 Å².